The Hall–Kier alpha value is -2.77. The highest BCUT2D eigenvalue weighted by atomic mass is 19.1. The molecule has 3 fully saturated rings. The first kappa shape index (κ1) is 20.2. The van der Waals surface area contributed by atoms with Crippen LogP contribution in [0.4, 0.5) is 10.1 Å². The van der Waals surface area contributed by atoms with Crippen molar-refractivity contribution < 1.29 is 28.9 Å². The molecule has 6 nitrogen and oxygen atoms in total. The normalized spacial score (nSPS) is 34.7. The third kappa shape index (κ3) is 2.91. The molecule has 5 rings (SSSR count). The third-order valence-electron chi connectivity index (χ3n) is 7.21. The number of fused-ring (bicyclic) bond motifs is 3. The largest absolute Gasteiger partial charge is 0.505 e. The maximum atomic E-state index is 13.9. The summed E-state index contributed by atoms with van der Waals surface area (Å²) in [6, 6.07) is 12.8. The molecule has 2 heterocycles. The number of phenolic OH excluding ortho intramolecular Hbond substituents is 1. The molecule has 3 aliphatic rings. The van der Waals surface area contributed by atoms with Crippen LogP contribution in [0.1, 0.15) is 37.9 Å². The van der Waals surface area contributed by atoms with E-state index in [1.165, 1.54) is 17.0 Å². The molecular formula is C24H24FNO5. The third-order valence-corrected chi connectivity index (χ3v) is 7.21. The smallest absolute Gasteiger partial charge is 0.238 e. The Labute approximate surface area is 179 Å². The fourth-order valence-electron chi connectivity index (χ4n) is 5.71. The summed E-state index contributed by atoms with van der Waals surface area (Å²) in [5, 5.41) is 21.1. The number of anilines is 1. The van der Waals surface area contributed by atoms with E-state index in [9.17, 15) is 24.2 Å². The Morgan fingerprint density at radius 1 is 1.13 bits per heavy atom. The molecule has 2 aromatic carbocycles. The summed E-state index contributed by atoms with van der Waals surface area (Å²) >= 11 is 0. The molecule has 0 bridgehead atoms. The van der Waals surface area contributed by atoms with E-state index < -0.39 is 41.2 Å². The first-order chi connectivity index (χ1) is 14.8. The van der Waals surface area contributed by atoms with E-state index in [4.69, 9.17) is 4.74 Å². The summed E-state index contributed by atoms with van der Waals surface area (Å²) in [4.78, 5) is 27.9. The molecule has 2 amide bonds. The van der Waals surface area contributed by atoms with E-state index in [2.05, 4.69) is 0 Å². The Kier molecular flexibility index (Phi) is 4.64. The van der Waals surface area contributed by atoms with Gasteiger partial charge in [0.05, 0.1) is 23.6 Å². The number of ether oxygens (including phenoxy) is 1. The number of imide groups is 1. The van der Waals surface area contributed by atoms with Gasteiger partial charge >= 0.3 is 0 Å². The van der Waals surface area contributed by atoms with Gasteiger partial charge in [0.1, 0.15) is 0 Å². The number of carbonyl (C=O) groups is 2. The van der Waals surface area contributed by atoms with E-state index in [1.807, 2.05) is 13.0 Å². The molecule has 0 spiro atoms. The van der Waals surface area contributed by atoms with Gasteiger partial charge in [0.25, 0.3) is 0 Å². The van der Waals surface area contributed by atoms with Crippen LogP contribution in [-0.2, 0) is 14.3 Å². The molecule has 1 aliphatic carbocycles. The molecule has 6 atom stereocenters. The molecule has 2 aliphatic heterocycles. The molecule has 2 saturated heterocycles. The zero-order valence-electron chi connectivity index (χ0n) is 17.1. The van der Waals surface area contributed by atoms with Crippen molar-refractivity contribution in [1.82, 2.24) is 0 Å². The summed E-state index contributed by atoms with van der Waals surface area (Å²) in [5.74, 6) is -5.45. The van der Waals surface area contributed by atoms with Gasteiger partial charge in [-0.05, 0) is 49.1 Å². The highest BCUT2D eigenvalue weighted by Gasteiger charge is 2.66. The SMILES string of the molecule is CC[C@H]1C[C@@H]2C(=O)N(c3ccccc3)C(=O)[C@@H]2[C@@H]2C[C@@H](c3ccc(O)c(F)c3)O[C@]12O. The van der Waals surface area contributed by atoms with Crippen molar-refractivity contribution in [3.63, 3.8) is 0 Å². The van der Waals surface area contributed by atoms with Crippen molar-refractivity contribution in [3.8, 4) is 5.75 Å². The first-order valence-electron chi connectivity index (χ1n) is 10.7. The van der Waals surface area contributed by atoms with Crippen LogP contribution in [0.15, 0.2) is 48.5 Å². The van der Waals surface area contributed by atoms with Crippen molar-refractivity contribution in [3.05, 3.63) is 59.9 Å². The van der Waals surface area contributed by atoms with Crippen LogP contribution in [0.5, 0.6) is 5.75 Å². The lowest BCUT2D eigenvalue weighted by atomic mass is 9.64. The molecule has 1 saturated carbocycles. The van der Waals surface area contributed by atoms with Gasteiger partial charge in [-0.15, -0.1) is 0 Å². The topological polar surface area (TPSA) is 87.1 Å². The standard InChI is InChI=1S/C24H24FNO5/c1-2-14-11-16-21(23(29)26(22(16)28)15-6-4-3-5-7-15)17-12-20(31-24(14,17)30)13-8-9-19(27)18(25)10-13/h3-10,14,16-17,20-21,27,30H,2,11-12H2,1H3/t14-,16-,17-,20-,21-,24+/m0/s1. The number of carbonyl (C=O) groups excluding carboxylic acids is 2. The monoisotopic (exact) mass is 425 g/mol. The van der Waals surface area contributed by atoms with Gasteiger partial charge in [0.2, 0.25) is 11.8 Å². The summed E-state index contributed by atoms with van der Waals surface area (Å²) in [5.41, 5.74) is 1.01. The predicted octanol–water partition coefficient (Wildman–Crippen LogP) is 3.53. The molecule has 2 N–H and O–H groups in total. The van der Waals surface area contributed by atoms with Gasteiger partial charge in [-0.3, -0.25) is 14.5 Å². The van der Waals surface area contributed by atoms with Crippen molar-refractivity contribution >= 4 is 17.5 Å². The highest BCUT2D eigenvalue weighted by molar-refractivity contribution is 6.22. The number of phenols is 1. The number of amides is 2. The van der Waals surface area contributed by atoms with Crippen molar-refractivity contribution in [2.24, 2.45) is 23.7 Å². The van der Waals surface area contributed by atoms with Crippen LogP contribution in [0.25, 0.3) is 0 Å². The number of rotatable bonds is 3. The summed E-state index contributed by atoms with van der Waals surface area (Å²) in [6.07, 6.45) is 0.602. The number of hydrogen-bond acceptors (Lipinski definition) is 5. The minimum Gasteiger partial charge on any atom is -0.505 e. The van der Waals surface area contributed by atoms with Crippen molar-refractivity contribution in [2.45, 2.75) is 38.1 Å². The van der Waals surface area contributed by atoms with Crippen molar-refractivity contribution in [1.29, 1.82) is 0 Å². The maximum Gasteiger partial charge on any atom is 0.238 e. The Morgan fingerprint density at radius 3 is 2.55 bits per heavy atom. The van der Waals surface area contributed by atoms with Gasteiger partial charge < -0.3 is 14.9 Å². The average molecular weight is 425 g/mol. The number of para-hydroxylation sites is 1. The van der Waals surface area contributed by atoms with E-state index in [0.717, 1.165) is 0 Å². The molecule has 31 heavy (non-hydrogen) atoms. The second-order valence-electron chi connectivity index (χ2n) is 8.73. The fraction of sp³-hybridized carbons (Fsp3) is 0.417. The van der Waals surface area contributed by atoms with Crippen LogP contribution in [0.3, 0.4) is 0 Å². The van der Waals surface area contributed by atoms with E-state index in [-0.39, 0.29) is 17.7 Å². The van der Waals surface area contributed by atoms with Crippen LogP contribution in [0.2, 0.25) is 0 Å². The summed E-state index contributed by atoms with van der Waals surface area (Å²) in [7, 11) is 0. The van der Waals surface area contributed by atoms with Crippen LogP contribution in [0, 0.1) is 29.5 Å². The van der Waals surface area contributed by atoms with E-state index in [1.54, 1.807) is 30.3 Å². The second kappa shape index (κ2) is 7.14. The lowest BCUT2D eigenvalue weighted by Crippen LogP contribution is -2.53. The Morgan fingerprint density at radius 2 is 1.87 bits per heavy atom. The Bertz CT molecular complexity index is 1040. The minimum atomic E-state index is -1.57. The van der Waals surface area contributed by atoms with E-state index >= 15 is 0 Å². The lowest BCUT2D eigenvalue weighted by Gasteiger charge is -2.44. The van der Waals surface area contributed by atoms with Gasteiger partial charge in [-0.2, -0.15) is 0 Å². The van der Waals surface area contributed by atoms with Crippen LogP contribution < -0.4 is 4.90 Å². The highest BCUT2D eigenvalue weighted by Crippen LogP contribution is 2.59. The molecule has 0 unspecified atom stereocenters. The van der Waals surface area contributed by atoms with Gasteiger partial charge in [-0.25, -0.2) is 4.39 Å². The second-order valence-corrected chi connectivity index (χ2v) is 8.73. The quantitative estimate of drug-likeness (QED) is 0.735. The zero-order valence-corrected chi connectivity index (χ0v) is 17.1. The number of hydrogen-bond donors (Lipinski definition) is 2. The number of benzene rings is 2. The minimum absolute atomic E-state index is 0.235. The number of aliphatic hydroxyl groups is 1. The van der Waals surface area contributed by atoms with Gasteiger partial charge in [-0.1, -0.05) is 31.2 Å². The Balaban J connectivity index is 1.52. The van der Waals surface area contributed by atoms with Crippen LogP contribution >= 0.6 is 0 Å². The molecule has 0 radical (unpaired) electrons. The summed E-state index contributed by atoms with van der Waals surface area (Å²) < 4.78 is 20.0. The summed E-state index contributed by atoms with van der Waals surface area (Å²) in [6.45, 7) is 1.92. The number of halogens is 1. The molecule has 2 aromatic rings. The van der Waals surface area contributed by atoms with Gasteiger partial charge in [0, 0.05) is 11.8 Å². The first-order valence-corrected chi connectivity index (χ1v) is 10.7. The molecule has 0 aromatic heterocycles. The van der Waals surface area contributed by atoms with Gasteiger partial charge in [0.15, 0.2) is 17.4 Å². The lowest BCUT2D eigenvalue weighted by molar-refractivity contribution is -0.269. The fourth-order valence-corrected chi connectivity index (χ4v) is 5.71. The average Bonchev–Trinajstić information content (AvgIpc) is 3.24. The predicted molar refractivity (Wildman–Crippen MR) is 109 cm³/mol. The molecule has 7 heteroatoms. The maximum absolute atomic E-state index is 13.9. The molecular weight excluding hydrogens is 401 g/mol. The number of aromatic hydroxyl groups is 1. The number of nitrogens with zero attached hydrogens (tertiary/aromatic N) is 1. The van der Waals surface area contributed by atoms with Crippen molar-refractivity contribution in [2.75, 3.05) is 4.90 Å². The molecule has 162 valence electrons. The van der Waals surface area contributed by atoms with E-state index in [0.29, 0.717) is 30.5 Å². The zero-order chi connectivity index (χ0) is 21.9. The van der Waals surface area contributed by atoms with Crippen LogP contribution in [-0.4, -0.2) is 27.8 Å².